The van der Waals surface area contributed by atoms with Crippen molar-refractivity contribution in [1.82, 2.24) is 4.98 Å². The molecule has 0 N–H and O–H groups in total. The molecule has 0 fully saturated rings. The first-order valence-corrected chi connectivity index (χ1v) is 8.22. The average molecular weight is 327 g/mol. The fraction of sp³-hybridized carbons (Fsp3) is 0. The molecule has 0 saturated carbocycles. The second kappa shape index (κ2) is 6.50. The van der Waals surface area contributed by atoms with Crippen LogP contribution in [0.4, 0.5) is 0 Å². The highest BCUT2D eigenvalue weighted by molar-refractivity contribution is 7.87. The van der Waals surface area contributed by atoms with Crippen molar-refractivity contribution in [3.05, 3.63) is 79.1 Å². The van der Waals surface area contributed by atoms with Crippen molar-refractivity contribution in [2.45, 2.75) is 4.90 Å². The summed E-state index contributed by atoms with van der Waals surface area (Å²) in [5.41, 5.74) is 0. The summed E-state index contributed by atoms with van der Waals surface area (Å²) in [5, 5.41) is 0. The molecule has 2 aromatic carbocycles. The lowest BCUT2D eigenvalue weighted by atomic mass is 10.3. The van der Waals surface area contributed by atoms with Gasteiger partial charge in [-0.3, -0.25) is 4.98 Å². The van der Waals surface area contributed by atoms with Gasteiger partial charge in [-0.1, -0.05) is 18.2 Å². The summed E-state index contributed by atoms with van der Waals surface area (Å²) in [6.45, 7) is 0. The molecule has 0 bridgehead atoms. The van der Waals surface area contributed by atoms with Gasteiger partial charge in [0, 0.05) is 12.4 Å². The van der Waals surface area contributed by atoms with Gasteiger partial charge < -0.3 is 8.92 Å². The lowest BCUT2D eigenvalue weighted by molar-refractivity contribution is 0.474. The quantitative estimate of drug-likeness (QED) is 0.669. The van der Waals surface area contributed by atoms with E-state index in [0.717, 1.165) is 0 Å². The first-order chi connectivity index (χ1) is 11.1. The monoisotopic (exact) mass is 327 g/mol. The second-order valence-corrected chi connectivity index (χ2v) is 6.16. The van der Waals surface area contributed by atoms with Crippen molar-refractivity contribution in [3.63, 3.8) is 0 Å². The molecule has 0 spiro atoms. The van der Waals surface area contributed by atoms with E-state index in [0.29, 0.717) is 11.5 Å². The van der Waals surface area contributed by atoms with E-state index in [1.807, 2.05) is 30.3 Å². The van der Waals surface area contributed by atoms with Gasteiger partial charge >= 0.3 is 10.1 Å². The Kier molecular flexibility index (Phi) is 4.25. The Morgan fingerprint density at radius 1 is 0.739 bits per heavy atom. The van der Waals surface area contributed by atoms with Gasteiger partial charge in [0.15, 0.2) is 0 Å². The molecule has 3 rings (SSSR count). The van der Waals surface area contributed by atoms with E-state index in [1.54, 1.807) is 12.1 Å². The first kappa shape index (κ1) is 15.1. The lowest BCUT2D eigenvalue weighted by Crippen LogP contribution is -2.09. The van der Waals surface area contributed by atoms with E-state index in [2.05, 4.69) is 4.98 Å². The zero-order valence-electron chi connectivity index (χ0n) is 12.0. The maximum Gasteiger partial charge on any atom is 0.340 e. The molecule has 3 aromatic rings. The third kappa shape index (κ3) is 3.87. The number of aromatic nitrogens is 1. The number of para-hydroxylation sites is 1. The SMILES string of the molecule is O=S(=O)(Oc1ccc(Oc2ccccc2)cc1)c1cccnc1. The fourth-order valence-electron chi connectivity index (χ4n) is 1.86. The van der Waals surface area contributed by atoms with Crippen LogP contribution in [0.25, 0.3) is 0 Å². The zero-order valence-corrected chi connectivity index (χ0v) is 12.8. The minimum Gasteiger partial charge on any atom is -0.457 e. The van der Waals surface area contributed by atoms with E-state index in [1.165, 1.54) is 36.7 Å². The standard InChI is InChI=1S/C17H13NO4S/c19-23(20,17-7-4-12-18-13-17)22-16-10-8-15(9-11-16)21-14-5-2-1-3-6-14/h1-13H. The van der Waals surface area contributed by atoms with Crippen molar-refractivity contribution in [2.24, 2.45) is 0 Å². The molecule has 0 aliphatic carbocycles. The highest BCUT2D eigenvalue weighted by atomic mass is 32.2. The van der Waals surface area contributed by atoms with Crippen LogP contribution in [0.3, 0.4) is 0 Å². The summed E-state index contributed by atoms with van der Waals surface area (Å²) < 4.78 is 34.9. The minimum atomic E-state index is -3.89. The Morgan fingerprint density at radius 2 is 1.39 bits per heavy atom. The molecule has 6 heteroatoms. The molecular weight excluding hydrogens is 314 g/mol. The smallest absolute Gasteiger partial charge is 0.340 e. The number of hydrogen-bond acceptors (Lipinski definition) is 5. The number of nitrogens with zero attached hydrogens (tertiary/aromatic N) is 1. The van der Waals surface area contributed by atoms with Gasteiger partial charge in [-0.15, -0.1) is 0 Å². The molecule has 116 valence electrons. The Hall–Kier alpha value is -2.86. The summed E-state index contributed by atoms with van der Waals surface area (Å²) in [7, 11) is -3.89. The zero-order chi connectivity index (χ0) is 16.1. The summed E-state index contributed by atoms with van der Waals surface area (Å²) in [5.74, 6) is 1.49. The van der Waals surface area contributed by atoms with Crippen LogP contribution in [0, 0.1) is 0 Å². The van der Waals surface area contributed by atoms with Crippen LogP contribution in [-0.2, 0) is 10.1 Å². The van der Waals surface area contributed by atoms with Gasteiger partial charge in [-0.2, -0.15) is 8.42 Å². The van der Waals surface area contributed by atoms with Crippen LogP contribution in [0.1, 0.15) is 0 Å². The number of benzene rings is 2. The van der Waals surface area contributed by atoms with Gasteiger partial charge in [0.25, 0.3) is 0 Å². The van der Waals surface area contributed by atoms with Gasteiger partial charge in [0.1, 0.15) is 22.1 Å². The summed E-state index contributed by atoms with van der Waals surface area (Å²) in [4.78, 5) is 3.78. The molecule has 0 amide bonds. The van der Waals surface area contributed by atoms with Gasteiger partial charge in [-0.25, -0.2) is 0 Å². The van der Waals surface area contributed by atoms with Crippen molar-refractivity contribution in [3.8, 4) is 17.2 Å². The van der Waals surface area contributed by atoms with Crippen molar-refractivity contribution in [2.75, 3.05) is 0 Å². The van der Waals surface area contributed by atoms with E-state index >= 15 is 0 Å². The largest absolute Gasteiger partial charge is 0.457 e. The summed E-state index contributed by atoms with van der Waals surface area (Å²) in [6.07, 6.45) is 2.73. The molecule has 5 nitrogen and oxygen atoms in total. The van der Waals surface area contributed by atoms with Crippen molar-refractivity contribution < 1.29 is 17.3 Å². The van der Waals surface area contributed by atoms with E-state index < -0.39 is 10.1 Å². The Balaban J connectivity index is 1.73. The van der Waals surface area contributed by atoms with Gasteiger partial charge in [0.2, 0.25) is 0 Å². The number of pyridine rings is 1. The molecular formula is C17H13NO4S. The van der Waals surface area contributed by atoms with Crippen LogP contribution in [0.15, 0.2) is 84.0 Å². The molecule has 1 aromatic heterocycles. The maximum atomic E-state index is 12.1. The molecule has 0 aliphatic heterocycles. The Bertz CT molecular complexity index is 863. The summed E-state index contributed by atoms with van der Waals surface area (Å²) >= 11 is 0. The molecule has 0 unspecified atom stereocenters. The van der Waals surface area contributed by atoms with Crippen LogP contribution < -0.4 is 8.92 Å². The van der Waals surface area contributed by atoms with Crippen LogP contribution in [0.5, 0.6) is 17.2 Å². The van der Waals surface area contributed by atoms with Gasteiger partial charge in [-0.05, 0) is 48.5 Å². The third-order valence-electron chi connectivity index (χ3n) is 2.93. The predicted octanol–water partition coefficient (Wildman–Crippen LogP) is 3.64. The number of ether oxygens (including phenoxy) is 1. The molecule has 0 radical (unpaired) electrons. The Morgan fingerprint density at radius 3 is 2.04 bits per heavy atom. The van der Waals surface area contributed by atoms with Crippen LogP contribution in [0.2, 0.25) is 0 Å². The van der Waals surface area contributed by atoms with Crippen molar-refractivity contribution in [1.29, 1.82) is 0 Å². The van der Waals surface area contributed by atoms with Crippen LogP contribution >= 0.6 is 0 Å². The highest BCUT2D eigenvalue weighted by Crippen LogP contribution is 2.25. The normalized spacial score (nSPS) is 11.0. The Labute approximate surface area is 134 Å². The minimum absolute atomic E-state index is 0.00427. The molecule has 0 atom stereocenters. The second-order valence-electron chi connectivity index (χ2n) is 4.61. The predicted molar refractivity (Wildman–Crippen MR) is 85.0 cm³/mol. The highest BCUT2D eigenvalue weighted by Gasteiger charge is 2.16. The van der Waals surface area contributed by atoms with E-state index in [-0.39, 0.29) is 10.6 Å². The topological polar surface area (TPSA) is 65.5 Å². The molecule has 1 heterocycles. The molecule has 23 heavy (non-hydrogen) atoms. The summed E-state index contributed by atoms with van der Waals surface area (Å²) in [6, 6.07) is 18.6. The maximum absolute atomic E-state index is 12.1. The molecule has 0 saturated heterocycles. The lowest BCUT2D eigenvalue weighted by Gasteiger charge is -2.08. The number of hydrogen-bond donors (Lipinski definition) is 0. The van der Waals surface area contributed by atoms with Gasteiger partial charge in [0.05, 0.1) is 0 Å². The third-order valence-corrected chi connectivity index (χ3v) is 4.16. The average Bonchev–Trinajstić information content (AvgIpc) is 2.58. The van der Waals surface area contributed by atoms with Crippen LogP contribution in [-0.4, -0.2) is 13.4 Å². The van der Waals surface area contributed by atoms with E-state index in [4.69, 9.17) is 8.92 Å². The first-order valence-electron chi connectivity index (χ1n) is 6.81. The fourth-order valence-corrected chi connectivity index (χ4v) is 2.75. The van der Waals surface area contributed by atoms with Crippen molar-refractivity contribution >= 4 is 10.1 Å². The number of rotatable bonds is 5. The molecule has 0 aliphatic rings. The van der Waals surface area contributed by atoms with E-state index in [9.17, 15) is 8.42 Å².